The van der Waals surface area contributed by atoms with Gasteiger partial charge in [0.2, 0.25) is 0 Å². The number of carbonyl (C=O) groups is 1. The van der Waals surface area contributed by atoms with Gasteiger partial charge < -0.3 is 5.11 Å². The third-order valence-corrected chi connectivity index (χ3v) is 4.05. The minimum atomic E-state index is 0.0480. The van der Waals surface area contributed by atoms with Crippen molar-refractivity contribution in [2.45, 2.75) is 13.1 Å². The third-order valence-electron chi connectivity index (χ3n) is 4.05. The van der Waals surface area contributed by atoms with Gasteiger partial charge in [-0.25, -0.2) is 0 Å². The van der Waals surface area contributed by atoms with Crippen molar-refractivity contribution in [2.75, 3.05) is 6.54 Å². The molecule has 1 N–H and O–H groups in total. The van der Waals surface area contributed by atoms with Crippen LogP contribution in [0.3, 0.4) is 0 Å². The first-order valence-corrected chi connectivity index (χ1v) is 8.33. The molecule has 3 aromatic carbocycles. The Morgan fingerprint density at radius 2 is 1.20 bits per heavy atom. The monoisotopic (exact) mass is 331 g/mol. The maximum atomic E-state index is 12.6. The fraction of sp³-hybridized carbons (Fsp3) is 0.136. The van der Waals surface area contributed by atoms with Crippen LogP contribution in [0.1, 0.15) is 21.5 Å². The number of phenolic OH excluding ortho intramolecular Hbond substituents is 1. The summed E-state index contributed by atoms with van der Waals surface area (Å²) in [5.41, 5.74) is 2.97. The summed E-state index contributed by atoms with van der Waals surface area (Å²) in [5, 5.41) is 9.39. The van der Waals surface area contributed by atoms with E-state index in [9.17, 15) is 9.90 Å². The molecule has 0 aliphatic carbocycles. The normalized spacial score (nSPS) is 10.8. The van der Waals surface area contributed by atoms with E-state index in [4.69, 9.17) is 0 Å². The lowest BCUT2D eigenvalue weighted by molar-refractivity contribution is 0.0920. The maximum Gasteiger partial charge on any atom is 0.176 e. The smallest absolute Gasteiger partial charge is 0.176 e. The number of rotatable bonds is 7. The van der Waals surface area contributed by atoms with Crippen molar-refractivity contribution in [3.05, 3.63) is 102 Å². The molecule has 0 aliphatic heterocycles. The van der Waals surface area contributed by atoms with Crippen LogP contribution >= 0.6 is 0 Å². The van der Waals surface area contributed by atoms with Gasteiger partial charge in [-0.05, 0) is 35.4 Å². The number of carbonyl (C=O) groups excluding carboxylic acids is 1. The van der Waals surface area contributed by atoms with Gasteiger partial charge >= 0.3 is 0 Å². The van der Waals surface area contributed by atoms with E-state index in [1.54, 1.807) is 24.3 Å². The first kappa shape index (κ1) is 16.9. The minimum absolute atomic E-state index is 0.0480. The van der Waals surface area contributed by atoms with Gasteiger partial charge in [-0.3, -0.25) is 9.69 Å². The van der Waals surface area contributed by atoms with Crippen LogP contribution in [0.25, 0.3) is 0 Å². The molecule has 0 amide bonds. The summed E-state index contributed by atoms with van der Waals surface area (Å²) in [5.74, 6) is 0.217. The molecular weight excluding hydrogens is 310 g/mol. The van der Waals surface area contributed by atoms with Gasteiger partial charge in [-0.15, -0.1) is 0 Å². The second kappa shape index (κ2) is 8.27. The zero-order chi connectivity index (χ0) is 17.5. The highest BCUT2D eigenvalue weighted by Gasteiger charge is 2.14. The number of aromatic hydroxyl groups is 1. The first-order chi connectivity index (χ1) is 12.2. The topological polar surface area (TPSA) is 40.5 Å². The third kappa shape index (κ3) is 5.03. The van der Waals surface area contributed by atoms with E-state index >= 15 is 0 Å². The molecule has 126 valence electrons. The first-order valence-electron chi connectivity index (χ1n) is 8.33. The SMILES string of the molecule is O=C(CN(Cc1ccccc1)Cc1ccccc1)c1ccc(O)cc1. The fourth-order valence-corrected chi connectivity index (χ4v) is 2.79. The molecule has 3 rings (SSSR count). The summed E-state index contributed by atoms with van der Waals surface area (Å²) in [6.07, 6.45) is 0. The summed E-state index contributed by atoms with van der Waals surface area (Å²) < 4.78 is 0. The average molecular weight is 331 g/mol. The Bertz CT molecular complexity index is 757. The lowest BCUT2D eigenvalue weighted by Crippen LogP contribution is -2.29. The van der Waals surface area contributed by atoms with E-state index in [2.05, 4.69) is 29.2 Å². The Morgan fingerprint density at radius 1 is 0.720 bits per heavy atom. The summed E-state index contributed by atoms with van der Waals surface area (Å²) in [6.45, 7) is 1.74. The van der Waals surface area contributed by atoms with E-state index in [0.29, 0.717) is 25.2 Å². The van der Waals surface area contributed by atoms with Crippen LogP contribution in [0.2, 0.25) is 0 Å². The molecule has 0 saturated heterocycles. The Labute approximate surface area is 148 Å². The van der Waals surface area contributed by atoms with Gasteiger partial charge in [0.25, 0.3) is 0 Å². The van der Waals surface area contributed by atoms with Crippen LogP contribution < -0.4 is 0 Å². The molecule has 25 heavy (non-hydrogen) atoms. The number of benzene rings is 3. The van der Waals surface area contributed by atoms with E-state index < -0.39 is 0 Å². The van der Waals surface area contributed by atoms with Crippen molar-refractivity contribution in [1.82, 2.24) is 4.90 Å². The molecule has 0 atom stereocenters. The number of nitrogens with zero attached hydrogens (tertiary/aromatic N) is 1. The standard InChI is InChI=1S/C22H21NO2/c24-21-13-11-20(12-14-21)22(25)17-23(15-18-7-3-1-4-8-18)16-19-9-5-2-6-10-19/h1-14,24H,15-17H2. The van der Waals surface area contributed by atoms with Crippen LogP contribution in [-0.2, 0) is 13.1 Å². The highest BCUT2D eigenvalue weighted by Crippen LogP contribution is 2.14. The van der Waals surface area contributed by atoms with Crippen molar-refractivity contribution < 1.29 is 9.90 Å². The van der Waals surface area contributed by atoms with Crippen LogP contribution in [0.5, 0.6) is 5.75 Å². The summed E-state index contributed by atoms with van der Waals surface area (Å²) in [4.78, 5) is 14.8. The second-order valence-corrected chi connectivity index (χ2v) is 6.09. The number of ketones is 1. The Balaban J connectivity index is 1.75. The maximum absolute atomic E-state index is 12.6. The van der Waals surface area contributed by atoms with Crippen molar-refractivity contribution in [3.63, 3.8) is 0 Å². The molecule has 0 aliphatic rings. The molecule has 0 fully saturated rings. The van der Waals surface area contributed by atoms with Crippen LogP contribution in [-0.4, -0.2) is 22.3 Å². The molecule has 0 bridgehead atoms. The fourth-order valence-electron chi connectivity index (χ4n) is 2.79. The second-order valence-electron chi connectivity index (χ2n) is 6.09. The predicted octanol–water partition coefficient (Wildman–Crippen LogP) is 4.28. The van der Waals surface area contributed by atoms with Crippen LogP contribution in [0.15, 0.2) is 84.9 Å². The zero-order valence-electron chi connectivity index (χ0n) is 14.0. The summed E-state index contributed by atoms with van der Waals surface area (Å²) in [6, 6.07) is 26.8. The van der Waals surface area contributed by atoms with Crippen molar-refractivity contribution >= 4 is 5.78 Å². The Kier molecular flexibility index (Phi) is 5.60. The zero-order valence-corrected chi connectivity index (χ0v) is 14.0. The number of hydrogen-bond donors (Lipinski definition) is 1. The minimum Gasteiger partial charge on any atom is -0.508 e. The van der Waals surface area contributed by atoms with E-state index in [1.807, 2.05) is 36.4 Å². The lowest BCUT2D eigenvalue weighted by atomic mass is 10.1. The Hall–Kier alpha value is -2.91. The number of Topliss-reactive ketones (excluding diaryl/α,β-unsaturated/α-hetero) is 1. The molecular formula is C22H21NO2. The van der Waals surface area contributed by atoms with Gasteiger partial charge in [-0.1, -0.05) is 60.7 Å². The molecule has 0 spiro atoms. The Morgan fingerprint density at radius 3 is 1.68 bits per heavy atom. The van der Waals surface area contributed by atoms with Gasteiger partial charge in [-0.2, -0.15) is 0 Å². The largest absolute Gasteiger partial charge is 0.508 e. The van der Waals surface area contributed by atoms with Crippen LogP contribution in [0.4, 0.5) is 0 Å². The lowest BCUT2D eigenvalue weighted by Gasteiger charge is -2.22. The number of hydrogen-bond acceptors (Lipinski definition) is 3. The molecule has 0 radical (unpaired) electrons. The highest BCUT2D eigenvalue weighted by atomic mass is 16.3. The highest BCUT2D eigenvalue weighted by molar-refractivity contribution is 5.97. The molecule has 3 heteroatoms. The predicted molar refractivity (Wildman–Crippen MR) is 99.4 cm³/mol. The number of phenols is 1. The van der Waals surface area contributed by atoms with Crippen molar-refractivity contribution in [2.24, 2.45) is 0 Å². The van der Waals surface area contributed by atoms with Crippen molar-refractivity contribution in [1.29, 1.82) is 0 Å². The van der Waals surface area contributed by atoms with Gasteiger partial charge in [0.1, 0.15) is 5.75 Å². The quantitative estimate of drug-likeness (QED) is 0.657. The van der Waals surface area contributed by atoms with Gasteiger partial charge in [0.05, 0.1) is 6.54 Å². The molecule has 3 nitrogen and oxygen atoms in total. The summed E-state index contributed by atoms with van der Waals surface area (Å²) in [7, 11) is 0. The molecule has 0 aromatic heterocycles. The van der Waals surface area contributed by atoms with Gasteiger partial charge in [0, 0.05) is 18.7 Å². The van der Waals surface area contributed by atoms with Crippen LogP contribution in [0, 0.1) is 0 Å². The van der Waals surface area contributed by atoms with E-state index in [0.717, 1.165) is 0 Å². The molecule has 0 unspecified atom stereocenters. The van der Waals surface area contributed by atoms with E-state index in [1.165, 1.54) is 11.1 Å². The van der Waals surface area contributed by atoms with E-state index in [-0.39, 0.29) is 11.5 Å². The molecule has 0 heterocycles. The average Bonchev–Trinajstić information content (AvgIpc) is 2.64. The molecule has 3 aromatic rings. The van der Waals surface area contributed by atoms with Crippen molar-refractivity contribution in [3.8, 4) is 5.75 Å². The van der Waals surface area contributed by atoms with Gasteiger partial charge in [0.15, 0.2) is 5.78 Å². The molecule has 0 saturated carbocycles. The summed E-state index contributed by atoms with van der Waals surface area (Å²) >= 11 is 0.